The van der Waals surface area contributed by atoms with Crippen LogP contribution in [-0.2, 0) is 33.0 Å². The molecule has 1 aliphatic carbocycles. The van der Waals surface area contributed by atoms with Gasteiger partial charge < -0.3 is 19.6 Å². The number of aliphatic hydroxyl groups is 1. The second-order valence-electron chi connectivity index (χ2n) is 9.61. The second-order valence-corrected chi connectivity index (χ2v) is 9.61. The second kappa shape index (κ2) is 10.8. The minimum Gasteiger partial charge on any atom is -0.392 e. The molecular formula is C28H30FN7O3. The number of anilines is 2. The molecule has 1 amide bonds. The number of carbonyl (C=O) groups is 1. The van der Waals surface area contributed by atoms with E-state index in [0.29, 0.717) is 47.6 Å². The molecule has 2 aliphatic rings. The molecule has 0 saturated carbocycles. The number of aliphatic hydroxyl groups excluding tert-OH is 1. The number of fused-ring (bicyclic) bond motifs is 3. The van der Waals surface area contributed by atoms with E-state index in [2.05, 4.69) is 27.0 Å². The summed E-state index contributed by atoms with van der Waals surface area (Å²) in [5.74, 6) is -0.594. The number of aliphatic imine (C=N–C) groups is 1. The zero-order valence-corrected chi connectivity index (χ0v) is 21.9. The Morgan fingerprint density at radius 2 is 2.08 bits per heavy atom. The summed E-state index contributed by atoms with van der Waals surface area (Å²) in [7, 11) is 1.60. The Bertz CT molecular complexity index is 1580. The molecule has 0 fully saturated rings. The molecule has 10 nitrogen and oxygen atoms in total. The van der Waals surface area contributed by atoms with E-state index in [9.17, 15) is 14.7 Å². The number of pyridine rings is 1. The highest BCUT2D eigenvalue weighted by molar-refractivity contribution is 6.06. The van der Waals surface area contributed by atoms with Crippen LogP contribution in [0, 0.1) is 5.82 Å². The van der Waals surface area contributed by atoms with Crippen molar-refractivity contribution in [1.82, 2.24) is 19.1 Å². The van der Waals surface area contributed by atoms with Crippen LogP contribution in [0.15, 0.2) is 52.3 Å². The first-order chi connectivity index (χ1) is 18.8. The minimum absolute atomic E-state index is 0.0546. The zero-order valence-electron chi connectivity index (χ0n) is 21.9. The smallest absolute Gasteiger partial charge is 0.293 e. The summed E-state index contributed by atoms with van der Waals surface area (Å²) < 4.78 is 18.6. The van der Waals surface area contributed by atoms with E-state index in [1.807, 2.05) is 4.57 Å². The van der Waals surface area contributed by atoms with Gasteiger partial charge in [-0.05, 0) is 57.5 Å². The maximum absolute atomic E-state index is 15.4. The Hall–Kier alpha value is -4.38. The van der Waals surface area contributed by atoms with Gasteiger partial charge in [-0.15, -0.1) is 0 Å². The number of aromatic nitrogens is 4. The Kier molecular flexibility index (Phi) is 7.25. The average Bonchev–Trinajstić information content (AvgIpc) is 3.23. The van der Waals surface area contributed by atoms with Gasteiger partial charge in [0.15, 0.2) is 11.6 Å². The predicted octanol–water partition coefficient (Wildman–Crippen LogP) is 3.34. The van der Waals surface area contributed by atoms with E-state index >= 15 is 4.39 Å². The van der Waals surface area contributed by atoms with Crippen molar-refractivity contribution in [2.45, 2.75) is 45.8 Å². The molecule has 0 saturated heterocycles. The predicted molar refractivity (Wildman–Crippen MR) is 147 cm³/mol. The van der Waals surface area contributed by atoms with Gasteiger partial charge in [-0.3, -0.25) is 19.5 Å². The van der Waals surface area contributed by atoms with Crippen molar-refractivity contribution in [3.05, 3.63) is 81.2 Å². The van der Waals surface area contributed by atoms with E-state index in [0.717, 1.165) is 25.0 Å². The van der Waals surface area contributed by atoms with Gasteiger partial charge in [-0.25, -0.2) is 14.4 Å². The lowest BCUT2D eigenvalue weighted by molar-refractivity contribution is 0.0958. The summed E-state index contributed by atoms with van der Waals surface area (Å²) in [6, 6.07) is 1.67. The molecule has 3 aromatic rings. The quantitative estimate of drug-likeness (QED) is 0.357. The molecular weight excluding hydrogens is 501 g/mol. The largest absolute Gasteiger partial charge is 0.392 e. The van der Waals surface area contributed by atoms with Gasteiger partial charge in [0.2, 0.25) is 0 Å². The first kappa shape index (κ1) is 26.2. The van der Waals surface area contributed by atoms with Crippen LogP contribution in [0.25, 0.3) is 11.3 Å². The van der Waals surface area contributed by atoms with Gasteiger partial charge in [-0.1, -0.05) is 0 Å². The van der Waals surface area contributed by atoms with Gasteiger partial charge in [0, 0.05) is 66.8 Å². The highest BCUT2D eigenvalue weighted by atomic mass is 19.1. The highest BCUT2D eigenvalue weighted by Gasteiger charge is 2.36. The van der Waals surface area contributed by atoms with Gasteiger partial charge in [0.05, 0.1) is 12.3 Å². The number of aryl methyl sites for hydroxylation is 1. The summed E-state index contributed by atoms with van der Waals surface area (Å²) >= 11 is 0. The summed E-state index contributed by atoms with van der Waals surface area (Å²) in [6.07, 6.45) is 11.3. The van der Waals surface area contributed by atoms with Gasteiger partial charge in [-0.2, -0.15) is 0 Å². The summed E-state index contributed by atoms with van der Waals surface area (Å²) in [5.41, 5.74) is 3.19. The molecule has 0 atom stereocenters. The normalized spacial score (nSPS) is 15.4. The number of nitrogens with one attached hydrogen (secondary N) is 1. The number of carbonyl (C=O) groups excluding carboxylic acids is 1. The number of hydrogen-bond acceptors (Lipinski definition) is 7. The van der Waals surface area contributed by atoms with Crippen LogP contribution in [0.5, 0.6) is 0 Å². The standard InChI is InChI=1S/C28H30FN7O3/c1-17(7-6-11-30-2)32-25-28(39)34(3)15-21(33-25)18-10-12-31-26(20(18)16-37)36-14-13-35-22-9-5-4-8-19(22)23(29)24(35)27(36)38/h6-7,10-12,15,37H,2,4-5,8-9,13-14,16H2,1,3H3,(H,32,33)/b11-6-,17-7+. The molecule has 39 heavy (non-hydrogen) atoms. The van der Waals surface area contributed by atoms with Crippen molar-refractivity contribution in [3.63, 3.8) is 0 Å². The Labute approximate surface area is 224 Å². The average molecular weight is 532 g/mol. The number of amides is 1. The Balaban J connectivity index is 1.54. The number of nitrogens with zero attached hydrogens (tertiary/aromatic N) is 6. The molecule has 0 spiro atoms. The lowest BCUT2D eigenvalue weighted by Crippen LogP contribution is -2.42. The van der Waals surface area contributed by atoms with Crippen molar-refractivity contribution in [1.29, 1.82) is 0 Å². The van der Waals surface area contributed by atoms with Gasteiger partial charge in [0.25, 0.3) is 11.5 Å². The fraction of sp³-hybridized carbons (Fsp3) is 0.321. The van der Waals surface area contributed by atoms with E-state index in [1.165, 1.54) is 21.9 Å². The van der Waals surface area contributed by atoms with Crippen LogP contribution in [-0.4, -0.2) is 43.4 Å². The van der Waals surface area contributed by atoms with E-state index in [1.54, 1.807) is 38.4 Å². The first-order valence-corrected chi connectivity index (χ1v) is 12.8. The molecule has 202 valence electrons. The molecule has 3 aromatic heterocycles. The maximum Gasteiger partial charge on any atom is 0.293 e. The van der Waals surface area contributed by atoms with Crippen molar-refractivity contribution < 1.29 is 14.3 Å². The molecule has 11 heteroatoms. The topological polar surface area (TPSA) is 118 Å². The zero-order chi connectivity index (χ0) is 27.7. The molecule has 0 radical (unpaired) electrons. The number of halogens is 1. The maximum atomic E-state index is 15.4. The molecule has 4 heterocycles. The van der Waals surface area contributed by atoms with Crippen LogP contribution >= 0.6 is 0 Å². The third-order valence-corrected chi connectivity index (χ3v) is 7.15. The Morgan fingerprint density at radius 3 is 2.85 bits per heavy atom. The lowest BCUT2D eigenvalue weighted by atomic mass is 9.97. The van der Waals surface area contributed by atoms with Crippen LogP contribution in [0.1, 0.15) is 47.1 Å². The molecule has 2 N–H and O–H groups in total. The summed E-state index contributed by atoms with van der Waals surface area (Å²) in [6.45, 7) is 5.46. The van der Waals surface area contributed by atoms with Crippen LogP contribution in [0.4, 0.5) is 16.0 Å². The van der Waals surface area contributed by atoms with Crippen molar-refractivity contribution in [2.24, 2.45) is 12.0 Å². The minimum atomic E-state index is -0.480. The fourth-order valence-electron chi connectivity index (χ4n) is 5.31. The van der Waals surface area contributed by atoms with E-state index < -0.39 is 18.3 Å². The van der Waals surface area contributed by atoms with Crippen LogP contribution < -0.4 is 15.8 Å². The number of hydrogen-bond donors (Lipinski definition) is 2. The monoisotopic (exact) mass is 531 g/mol. The molecule has 0 aromatic carbocycles. The van der Waals surface area contributed by atoms with Crippen molar-refractivity contribution in [2.75, 3.05) is 16.8 Å². The van der Waals surface area contributed by atoms with E-state index in [-0.39, 0.29) is 22.9 Å². The van der Waals surface area contributed by atoms with Crippen molar-refractivity contribution >= 4 is 24.3 Å². The molecule has 0 unspecified atom stereocenters. The van der Waals surface area contributed by atoms with E-state index in [4.69, 9.17) is 0 Å². The molecule has 5 rings (SSSR count). The summed E-state index contributed by atoms with van der Waals surface area (Å²) in [4.78, 5) is 40.4. The van der Waals surface area contributed by atoms with Crippen LogP contribution in [0.3, 0.4) is 0 Å². The third-order valence-electron chi connectivity index (χ3n) is 7.15. The van der Waals surface area contributed by atoms with Gasteiger partial charge >= 0.3 is 0 Å². The summed E-state index contributed by atoms with van der Waals surface area (Å²) in [5, 5.41) is 13.4. The molecule has 1 aliphatic heterocycles. The third kappa shape index (κ3) is 4.69. The Morgan fingerprint density at radius 1 is 1.28 bits per heavy atom. The SMILES string of the molecule is C=N/C=C\C=C(/C)Nc1nc(-c2ccnc(N3CCn4c5c(c(F)c4C3=O)CCCC5)c2CO)cn(C)c1=O. The number of allylic oxidation sites excluding steroid dienone is 3. The number of rotatable bonds is 7. The fourth-order valence-corrected chi connectivity index (χ4v) is 5.31. The highest BCUT2D eigenvalue weighted by Crippen LogP contribution is 2.35. The van der Waals surface area contributed by atoms with Crippen molar-refractivity contribution in [3.8, 4) is 11.3 Å². The first-order valence-electron chi connectivity index (χ1n) is 12.8. The molecule has 0 bridgehead atoms. The van der Waals surface area contributed by atoms with Gasteiger partial charge in [0.1, 0.15) is 11.5 Å². The van der Waals surface area contributed by atoms with Crippen LogP contribution in [0.2, 0.25) is 0 Å². The lowest BCUT2D eigenvalue weighted by Gasteiger charge is -2.30.